The Kier molecular flexibility index (Phi) is 3.62. The Hall–Kier alpha value is -2.30. The summed E-state index contributed by atoms with van der Waals surface area (Å²) in [5.74, 6) is -0.984. The Labute approximate surface area is 104 Å². The molecule has 18 heavy (non-hydrogen) atoms. The van der Waals surface area contributed by atoms with Gasteiger partial charge in [-0.05, 0) is 11.1 Å². The van der Waals surface area contributed by atoms with Crippen LogP contribution >= 0.6 is 0 Å². The van der Waals surface area contributed by atoms with Crippen LogP contribution in [0, 0.1) is 0 Å². The van der Waals surface area contributed by atoms with Crippen LogP contribution in [0.4, 0.5) is 4.79 Å². The molecule has 0 radical (unpaired) electrons. The second kappa shape index (κ2) is 5.35. The van der Waals surface area contributed by atoms with Crippen molar-refractivity contribution >= 4 is 12.1 Å². The molecule has 0 saturated carbocycles. The summed E-state index contributed by atoms with van der Waals surface area (Å²) in [5, 5.41) is 8.51. The molecule has 1 aliphatic heterocycles. The first-order valence-corrected chi connectivity index (χ1v) is 5.53. The fraction of sp³-hybridized carbons (Fsp3) is 0.231. The minimum atomic E-state index is -0.984. The van der Waals surface area contributed by atoms with Crippen molar-refractivity contribution in [2.45, 2.75) is 6.61 Å². The number of likely N-dealkylation sites (tertiary alicyclic amines) is 1. The van der Waals surface area contributed by atoms with Gasteiger partial charge in [0.25, 0.3) is 0 Å². The number of rotatable bonds is 3. The number of aliphatic carboxylic acids is 1. The summed E-state index contributed by atoms with van der Waals surface area (Å²) in [7, 11) is 0. The topological polar surface area (TPSA) is 66.8 Å². The highest BCUT2D eigenvalue weighted by molar-refractivity contribution is 5.82. The molecule has 0 spiro atoms. The lowest BCUT2D eigenvalue weighted by Crippen LogP contribution is -2.44. The first-order chi connectivity index (χ1) is 8.65. The van der Waals surface area contributed by atoms with Gasteiger partial charge in [0.2, 0.25) is 0 Å². The summed E-state index contributed by atoms with van der Waals surface area (Å²) < 4.78 is 5.10. The number of carbonyl (C=O) groups excluding carboxylic acids is 1. The fourth-order valence-corrected chi connectivity index (χ4v) is 1.65. The van der Waals surface area contributed by atoms with E-state index in [2.05, 4.69) is 0 Å². The van der Waals surface area contributed by atoms with E-state index < -0.39 is 12.1 Å². The smallest absolute Gasteiger partial charge is 0.410 e. The number of hydrogen-bond acceptors (Lipinski definition) is 3. The van der Waals surface area contributed by atoms with E-state index in [0.29, 0.717) is 13.1 Å². The zero-order valence-corrected chi connectivity index (χ0v) is 9.70. The van der Waals surface area contributed by atoms with E-state index in [4.69, 9.17) is 9.84 Å². The number of carboxylic acid groups (broad SMARTS) is 1. The first-order valence-electron chi connectivity index (χ1n) is 5.53. The van der Waals surface area contributed by atoms with Crippen molar-refractivity contribution in [2.24, 2.45) is 0 Å². The quantitative estimate of drug-likeness (QED) is 0.825. The van der Waals surface area contributed by atoms with Gasteiger partial charge in [-0.25, -0.2) is 9.59 Å². The monoisotopic (exact) mass is 247 g/mol. The van der Waals surface area contributed by atoms with Crippen molar-refractivity contribution in [3.05, 3.63) is 47.5 Å². The van der Waals surface area contributed by atoms with Crippen molar-refractivity contribution < 1.29 is 19.4 Å². The first kappa shape index (κ1) is 12.2. The highest BCUT2D eigenvalue weighted by atomic mass is 16.6. The Morgan fingerprint density at radius 3 is 2.56 bits per heavy atom. The largest absolute Gasteiger partial charge is 0.478 e. The molecule has 1 heterocycles. The number of ether oxygens (including phenoxy) is 1. The summed E-state index contributed by atoms with van der Waals surface area (Å²) in [4.78, 5) is 23.4. The van der Waals surface area contributed by atoms with Crippen molar-refractivity contribution in [1.29, 1.82) is 0 Å². The van der Waals surface area contributed by atoms with Gasteiger partial charge in [-0.1, -0.05) is 30.3 Å². The molecule has 0 bridgehead atoms. The molecule has 5 heteroatoms. The standard InChI is InChI=1S/C13H13NO4/c15-12(16)6-11-7-14(8-11)13(17)18-9-10-4-2-1-3-5-10/h1-6H,7-9H2,(H,15,16). The maximum Gasteiger partial charge on any atom is 0.410 e. The summed E-state index contributed by atoms with van der Waals surface area (Å²) >= 11 is 0. The molecule has 1 N–H and O–H groups in total. The van der Waals surface area contributed by atoms with E-state index in [1.54, 1.807) is 0 Å². The lowest BCUT2D eigenvalue weighted by molar-refractivity contribution is -0.131. The molecule has 1 aromatic rings. The molecule has 1 amide bonds. The van der Waals surface area contributed by atoms with E-state index in [9.17, 15) is 9.59 Å². The number of carboxylic acids is 1. The van der Waals surface area contributed by atoms with Crippen LogP contribution in [0.1, 0.15) is 5.56 Å². The maximum atomic E-state index is 11.6. The lowest BCUT2D eigenvalue weighted by Gasteiger charge is -2.32. The van der Waals surface area contributed by atoms with Gasteiger partial charge < -0.3 is 14.7 Å². The minimum absolute atomic E-state index is 0.230. The van der Waals surface area contributed by atoms with Crippen LogP contribution in [-0.4, -0.2) is 35.2 Å². The maximum absolute atomic E-state index is 11.6. The molecular weight excluding hydrogens is 234 g/mol. The minimum Gasteiger partial charge on any atom is -0.478 e. The van der Waals surface area contributed by atoms with E-state index in [0.717, 1.165) is 17.2 Å². The lowest BCUT2D eigenvalue weighted by atomic mass is 10.1. The fourth-order valence-electron chi connectivity index (χ4n) is 1.65. The van der Waals surface area contributed by atoms with E-state index >= 15 is 0 Å². The number of nitrogens with zero attached hydrogens (tertiary/aromatic N) is 1. The molecule has 1 aliphatic rings. The van der Waals surface area contributed by atoms with Crippen LogP contribution in [0.2, 0.25) is 0 Å². The Morgan fingerprint density at radius 1 is 1.28 bits per heavy atom. The number of amides is 1. The van der Waals surface area contributed by atoms with Crippen LogP contribution in [0.15, 0.2) is 42.0 Å². The molecule has 0 aromatic heterocycles. The number of hydrogen-bond donors (Lipinski definition) is 1. The van der Waals surface area contributed by atoms with E-state index in [-0.39, 0.29) is 6.61 Å². The predicted molar refractivity (Wildman–Crippen MR) is 63.9 cm³/mol. The van der Waals surface area contributed by atoms with Gasteiger partial charge in [-0.2, -0.15) is 0 Å². The molecule has 0 aliphatic carbocycles. The molecule has 2 rings (SSSR count). The molecule has 1 fully saturated rings. The Bertz CT molecular complexity index is 473. The van der Waals surface area contributed by atoms with E-state index in [1.165, 1.54) is 4.90 Å². The van der Waals surface area contributed by atoms with Gasteiger partial charge in [-0.15, -0.1) is 0 Å². The predicted octanol–water partition coefficient (Wildman–Crippen LogP) is 1.65. The zero-order chi connectivity index (χ0) is 13.0. The third-order valence-corrected chi connectivity index (χ3v) is 2.58. The summed E-state index contributed by atoms with van der Waals surface area (Å²) in [5.41, 5.74) is 1.65. The van der Waals surface area contributed by atoms with E-state index in [1.807, 2.05) is 30.3 Å². The molecule has 0 atom stereocenters. The summed E-state index contributed by atoms with van der Waals surface area (Å²) in [6.07, 6.45) is 0.711. The van der Waals surface area contributed by atoms with Gasteiger partial charge in [0.05, 0.1) is 0 Å². The molecular formula is C13H13NO4. The Morgan fingerprint density at radius 2 is 1.94 bits per heavy atom. The average Bonchev–Trinajstić information content (AvgIpc) is 2.31. The number of benzene rings is 1. The van der Waals surface area contributed by atoms with Gasteiger partial charge >= 0.3 is 12.1 Å². The highest BCUT2D eigenvalue weighted by Gasteiger charge is 2.26. The molecule has 0 unspecified atom stereocenters. The third-order valence-electron chi connectivity index (χ3n) is 2.58. The molecule has 1 saturated heterocycles. The van der Waals surface area contributed by atoms with Crippen LogP contribution < -0.4 is 0 Å². The highest BCUT2D eigenvalue weighted by Crippen LogP contribution is 2.15. The average molecular weight is 247 g/mol. The molecule has 1 aromatic carbocycles. The second-order valence-electron chi connectivity index (χ2n) is 4.04. The number of carbonyl (C=O) groups is 2. The third kappa shape index (κ3) is 3.10. The van der Waals surface area contributed by atoms with Crippen molar-refractivity contribution in [2.75, 3.05) is 13.1 Å². The normalized spacial score (nSPS) is 13.8. The van der Waals surface area contributed by atoms with Crippen LogP contribution in [-0.2, 0) is 16.1 Å². The van der Waals surface area contributed by atoms with Gasteiger partial charge in [0.15, 0.2) is 0 Å². The van der Waals surface area contributed by atoms with Gasteiger partial charge in [0.1, 0.15) is 6.61 Å². The van der Waals surface area contributed by atoms with Crippen molar-refractivity contribution in [1.82, 2.24) is 4.90 Å². The second-order valence-corrected chi connectivity index (χ2v) is 4.04. The van der Waals surface area contributed by atoms with Gasteiger partial charge in [0, 0.05) is 19.2 Å². The SMILES string of the molecule is O=C(O)C=C1CN(C(=O)OCc2ccccc2)C1. The van der Waals surface area contributed by atoms with Crippen LogP contribution in [0.5, 0.6) is 0 Å². The molecule has 5 nitrogen and oxygen atoms in total. The molecule has 94 valence electrons. The van der Waals surface area contributed by atoms with Gasteiger partial charge in [-0.3, -0.25) is 0 Å². The van der Waals surface area contributed by atoms with Crippen molar-refractivity contribution in [3.63, 3.8) is 0 Å². The van der Waals surface area contributed by atoms with Crippen molar-refractivity contribution in [3.8, 4) is 0 Å². The zero-order valence-electron chi connectivity index (χ0n) is 9.70. The summed E-state index contributed by atoms with van der Waals surface area (Å²) in [6.45, 7) is 0.897. The van der Waals surface area contributed by atoms with Crippen LogP contribution in [0.3, 0.4) is 0 Å². The van der Waals surface area contributed by atoms with Crippen LogP contribution in [0.25, 0.3) is 0 Å². The summed E-state index contributed by atoms with van der Waals surface area (Å²) in [6, 6.07) is 9.39. The Balaban J connectivity index is 1.76.